The summed E-state index contributed by atoms with van der Waals surface area (Å²) in [5, 5.41) is 0. The molecule has 0 amide bonds. The Morgan fingerprint density at radius 2 is 2.13 bits per heavy atom. The molecule has 0 aromatic rings. The molecule has 0 bridgehead atoms. The Labute approximate surface area is 106 Å². The number of hydrogen-bond acceptors (Lipinski definition) is 2. The lowest BCUT2D eigenvalue weighted by Gasteiger charge is -2.21. The number of nitrogens with zero attached hydrogens (tertiary/aromatic N) is 1. The Bertz CT molecular complexity index is 269. The van der Waals surface area contributed by atoms with Gasteiger partial charge in [0.1, 0.15) is 6.61 Å². The lowest BCUT2D eigenvalue weighted by atomic mass is 9.88. The lowest BCUT2D eigenvalue weighted by molar-refractivity contribution is 0.235. The molecule has 1 atom stereocenters. The van der Waals surface area contributed by atoms with E-state index in [0.29, 0.717) is 6.61 Å². The maximum atomic E-state index is 5.66. The predicted molar refractivity (Wildman–Crippen MR) is 70.0 cm³/mol. The third-order valence-electron chi connectivity index (χ3n) is 2.64. The normalized spacial score (nSPS) is 29.3. The molecule has 15 heavy (non-hydrogen) atoms. The molecule has 0 unspecified atom stereocenters. The fourth-order valence-electron chi connectivity index (χ4n) is 1.54. The van der Waals surface area contributed by atoms with Gasteiger partial charge in [-0.2, -0.15) is 0 Å². The Morgan fingerprint density at radius 3 is 2.60 bits per heavy atom. The molecule has 0 spiro atoms. The van der Waals surface area contributed by atoms with Gasteiger partial charge in [0.25, 0.3) is 0 Å². The van der Waals surface area contributed by atoms with Crippen LogP contribution in [-0.2, 0) is 4.74 Å². The highest BCUT2D eigenvalue weighted by Gasteiger charge is 2.38. The average molecular weight is 316 g/mol. The molecule has 1 heterocycles. The van der Waals surface area contributed by atoms with E-state index in [0.717, 1.165) is 11.8 Å². The van der Waals surface area contributed by atoms with E-state index in [1.807, 2.05) is 6.42 Å². The SMILES string of the molecule is CC(C)(C)[C@H]1COC([C]2[CH][CH][CH][C]2I)=N1. The molecule has 1 fully saturated rings. The number of halogens is 1. The first-order valence-corrected chi connectivity index (χ1v) is 6.18. The maximum Gasteiger partial charge on any atom is 0.193 e. The number of ether oxygens (including phenoxy) is 1. The van der Waals surface area contributed by atoms with Crippen LogP contribution in [0.4, 0.5) is 0 Å². The van der Waals surface area contributed by atoms with Crippen molar-refractivity contribution in [1.29, 1.82) is 0 Å². The summed E-state index contributed by atoms with van der Waals surface area (Å²) in [4.78, 5) is 4.65. The van der Waals surface area contributed by atoms with Crippen molar-refractivity contribution in [3.05, 3.63) is 29.1 Å². The molecule has 1 aliphatic heterocycles. The van der Waals surface area contributed by atoms with E-state index in [1.54, 1.807) is 0 Å². The van der Waals surface area contributed by atoms with Crippen LogP contribution in [-0.4, -0.2) is 18.5 Å². The quantitative estimate of drug-likeness (QED) is 0.682. The van der Waals surface area contributed by atoms with Crippen LogP contribution in [0.25, 0.3) is 0 Å². The summed E-state index contributed by atoms with van der Waals surface area (Å²) >= 11 is 2.31. The summed E-state index contributed by atoms with van der Waals surface area (Å²) in [5.74, 6) is 1.94. The fourth-order valence-corrected chi connectivity index (χ4v) is 2.15. The van der Waals surface area contributed by atoms with Gasteiger partial charge in [0.2, 0.25) is 0 Å². The van der Waals surface area contributed by atoms with Crippen molar-refractivity contribution in [2.75, 3.05) is 6.61 Å². The van der Waals surface area contributed by atoms with Crippen LogP contribution in [0.5, 0.6) is 0 Å². The Hall–Kier alpha value is 0.200. The van der Waals surface area contributed by atoms with Crippen LogP contribution in [0, 0.1) is 34.5 Å². The second-order valence-corrected chi connectivity index (χ2v) is 6.08. The minimum Gasteiger partial charge on any atom is -0.478 e. The maximum absolute atomic E-state index is 5.66. The minimum absolute atomic E-state index is 0.180. The van der Waals surface area contributed by atoms with Crippen molar-refractivity contribution in [3.63, 3.8) is 0 Å². The first-order valence-electron chi connectivity index (χ1n) is 5.10. The van der Waals surface area contributed by atoms with Gasteiger partial charge in [0, 0.05) is 0 Å². The average Bonchev–Trinajstić information content (AvgIpc) is 2.69. The van der Waals surface area contributed by atoms with Crippen molar-refractivity contribution >= 4 is 28.5 Å². The van der Waals surface area contributed by atoms with Crippen molar-refractivity contribution < 1.29 is 4.74 Å². The fraction of sp³-hybridized carbons (Fsp3) is 0.500. The van der Waals surface area contributed by atoms with Crippen LogP contribution >= 0.6 is 22.6 Å². The van der Waals surface area contributed by atoms with Gasteiger partial charge in [-0.1, -0.05) is 43.4 Å². The summed E-state index contributed by atoms with van der Waals surface area (Å²) in [7, 11) is 0. The first-order chi connectivity index (χ1) is 6.98. The monoisotopic (exact) mass is 316 g/mol. The molecule has 1 saturated carbocycles. The third-order valence-corrected chi connectivity index (χ3v) is 3.58. The molecule has 0 aromatic carbocycles. The van der Waals surface area contributed by atoms with Gasteiger partial charge in [-0.05, 0) is 24.7 Å². The molecule has 5 radical (unpaired) electrons. The smallest absolute Gasteiger partial charge is 0.193 e. The standard InChI is InChI=1S/C12H15INO/c1-12(2,3)10-7-15-11(14-10)8-5-4-6-9(8)13/h4-6,10H,7H2,1-3H3/t10-/m1/s1. The topological polar surface area (TPSA) is 21.6 Å². The molecule has 1 aliphatic carbocycles. The summed E-state index contributed by atoms with van der Waals surface area (Å²) in [6, 6.07) is 0.276. The van der Waals surface area contributed by atoms with E-state index < -0.39 is 0 Å². The van der Waals surface area contributed by atoms with Crippen molar-refractivity contribution in [1.82, 2.24) is 0 Å². The summed E-state index contributed by atoms with van der Waals surface area (Å²) in [6.07, 6.45) is 6.17. The van der Waals surface area contributed by atoms with Gasteiger partial charge in [-0.3, -0.25) is 0 Å². The predicted octanol–water partition coefficient (Wildman–Crippen LogP) is 3.00. The van der Waals surface area contributed by atoms with E-state index in [4.69, 9.17) is 4.74 Å². The second-order valence-electron chi connectivity index (χ2n) is 4.91. The highest BCUT2D eigenvalue weighted by molar-refractivity contribution is 14.1. The highest BCUT2D eigenvalue weighted by Crippen LogP contribution is 2.41. The van der Waals surface area contributed by atoms with Gasteiger partial charge < -0.3 is 4.74 Å². The summed E-state index contributed by atoms with van der Waals surface area (Å²) in [6.45, 7) is 7.30. The summed E-state index contributed by atoms with van der Waals surface area (Å²) in [5.41, 5.74) is 0.180. The Balaban J connectivity index is 2.06. The largest absolute Gasteiger partial charge is 0.478 e. The Morgan fingerprint density at radius 1 is 1.40 bits per heavy atom. The number of rotatable bonds is 1. The van der Waals surface area contributed by atoms with Gasteiger partial charge in [0.05, 0.1) is 15.9 Å². The van der Waals surface area contributed by atoms with E-state index >= 15 is 0 Å². The minimum atomic E-state index is 0.180. The van der Waals surface area contributed by atoms with Gasteiger partial charge in [-0.15, -0.1) is 0 Å². The van der Waals surface area contributed by atoms with Crippen molar-refractivity contribution in [2.45, 2.75) is 26.8 Å². The van der Waals surface area contributed by atoms with Crippen molar-refractivity contribution in [2.24, 2.45) is 10.4 Å². The lowest BCUT2D eigenvalue weighted by Crippen LogP contribution is -2.25. The zero-order valence-corrected chi connectivity index (χ0v) is 11.4. The van der Waals surface area contributed by atoms with Crippen LogP contribution in [0.2, 0.25) is 0 Å². The van der Waals surface area contributed by atoms with E-state index in [9.17, 15) is 0 Å². The second kappa shape index (κ2) is 4.22. The van der Waals surface area contributed by atoms with Gasteiger partial charge >= 0.3 is 0 Å². The molecule has 0 N–H and O–H groups in total. The van der Waals surface area contributed by atoms with E-state index in [2.05, 4.69) is 61.2 Å². The van der Waals surface area contributed by atoms with Crippen LogP contribution in [0.1, 0.15) is 20.8 Å². The van der Waals surface area contributed by atoms with Crippen LogP contribution in [0.3, 0.4) is 0 Å². The van der Waals surface area contributed by atoms with Crippen LogP contribution < -0.4 is 0 Å². The molecule has 2 rings (SSSR count). The third kappa shape index (κ3) is 2.48. The number of aliphatic imine (C=N–C) groups is 1. The van der Waals surface area contributed by atoms with E-state index in [-0.39, 0.29) is 11.5 Å². The number of hydrogen-bond donors (Lipinski definition) is 0. The van der Waals surface area contributed by atoms with E-state index in [1.165, 1.54) is 3.92 Å². The molecular formula is C12H15INO. The zero-order valence-electron chi connectivity index (χ0n) is 9.25. The van der Waals surface area contributed by atoms with Crippen LogP contribution in [0.15, 0.2) is 4.99 Å². The first kappa shape index (κ1) is 11.7. The molecule has 2 aliphatic rings. The highest BCUT2D eigenvalue weighted by atomic mass is 127. The molecule has 81 valence electrons. The molecule has 0 aromatic heterocycles. The zero-order chi connectivity index (χ0) is 11.1. The summed E-state index contributed by atoms with van der Waals surface area (Å²) < 4.78 is 6.87. The Kier molecular flexibility index (Phi) is 3.29. The molecule has 3 heteroatoms. The van der Waals surface area contributed by atoms with Crippen molar-refractivity contribution in [3.8, 4) is 0 Å². The molecular weight excluding hydrogens is 301 g/mol. The molecule has 2 nitrogen and oxygen atoms in total. The molecule has 0 saturated heterocycles. The van der Waals surface area contributed by atoms with Gasteiger partial charge in [0.15, 0.2) is 5.90 Å². The van der Waals surface area contributed by atoms with Gasteiger partial charge in [-0.25, -0.2) is 4.99 Å².